The van der Waals surface area contributed by atoms with Crippen LogP contribution in [0.2, 0.25) is 5.02 Å². The van der Waals surface area contributed by atoms with Gasteiger partial charge in [-0.1, -0.05) is 90.0 Å². The summed E-state index contributed by atoms with van der Waals surface area (Å²) >= 11 is 9.70. The lowest BCUT2D eigenvalue weighted by atomic mass is 10.0. The van der Waals surface area contributed by atoms with Crippen LogP contribution in [-0.2, 0) is 14.8 Å². The van der Waals surface area contributed by atoms with Gasteiger partial charge in [-0.2, -0.15) is 0 Å². The Bertz CT molecular complexity index is 1730. The minimum Gasteiger partial charge on any atom is -0.398 e. The smallest absolute Gasteiger partial charge is 0.267 e. The molecule has 3 aromatic rings. The average molecular weight is 774 g/mol. The van der Waals surface area contributed by atoms with Crippen LogP contribution in [0.25, 0.3) is 0 Å². The standard InChI is InChI=1S/C25H32ClN3O3S2.C15H25NS/c1-5-7-8-18(6-2)16-33-22-11-9-17(3)13-20(22)28-25(30)15-24-27-21-14-19(26)10-12-23(21)34(31,32)29(24)4;1-4-6-7-13(5-2)11-17-15-9-8-12(3)10-14(15)16/h9-15,18,27H,5-8,16H2,1-4H3,(H,28,30);8-10,13H,4-7,11,16H2,1-3H3/b24-15-;. The van der Waals surface area contributed by atoms with Gasteiger partial charge in [0.25, 0.3) is 15.9 Å². The maximum atomic E-state index is 12.9. The first kappa shape index (κ1) is 42.6. The number of nitrogens with zero attached hydrogens (tertiary/aromatic N) is 1. The van der Waals surface area contributed by atoms with Gasteiger partial charge in [-0.25, -0.2) is 8.42 Å². The first-order chi connectivity index (χ1) is 24.3. The molecule has 0 spiro atoms. The highest BCUT2D eigenvalue weighted by Gasteiger charge is 2.32. The summed E-state index contributed by atoms with van der Waals surface area (Å²) in [7, 11) is -2.38. The number of carbonyl (C=O) groups is 1. The van der Waals surface area contributed by atoms with Gasteiger partial charge in [0.2, 0.25) is 0 Å². The molecule has 0 aromatic heterocycles. The van der Waals surface area contributed by atoms with Crippen molar-refractivity contribution >= 4 is 68.1 Å². The Balaban J connectivity index is 0.000000347. The monoisotopic (exact) mass is 772 g/mol. The number of rotatable bonds is 16. The largest absolute Gasteiger partial charge is 0.398 e. The number of sulfonamides is 1. The summed E-state index contributed by atoms with van der Waals surface area (Å²) in [6.07, 6.45) is 11.3. The third kappa shape index (κ3) is 13.0. The molecule has 1 aliphatic heterocycles. The number of benzene rings is 3. The van der Waals surface area contributed by atoms with Crippen LogP contribution in [0.4, 0.5) is 17.1 Å². The predicted molar refractivity (Wildman–Crippen MR) is 222 cm³/mol. The lowest BCUT2D eigenvalue weighted by Gasteiger charge is -2.30. The summed E-state index contributed by atoms with van der Waals surface area (Å²) in [5.41, 5.74) is 10.3. The summed E-state index contributed by atoms with van der Waals surface area (Å²) in [5, 5.41) is 6.36. The Hall–Kier alpha value is -2.79. The van der Waals surface area contributed by atoms with Gasteiger partial charge in [0, 0.05) is 45.1 Å². The molecule has 0 saturated carbocycles. The van der Waals surface area contributed by atoms with Crippen LogP contribution in [0.15, 0.2) is 81.2 Å². The van der Waals surface area contributed by atoms with E-state index in [1.165, 1.54) is 92.5 Å². The van der Waals surface area contributed by atoms with E-state index in [2.05, 4.69) is 63.5 Å². The molecule has 11 heteroatoms. The number of hydrogen-bond donors (Lipinski definition) is 3. The van der Waals surface area contributed by atoms with E-state index < -0.39 is 15.9 Å². The molecular formula is C40H57ClN4O3S3. The molecule has 4 N–H and O–H groups in total. The number of halogens is 1. The van der Waals surface area contributed by atoms with Gasteiger partial charge in [-0.3, -0.25) is 9.10 Å². The quantitative estimate of drug-likeness (QED) is 0.0756. The van der Waals surface area contributed by atoms with Crippen LogP contribution in [0.5, 0.6) is 0 Å². The maximum absolute atomic E-state index is 12.9. The number of nitrogens with one attached hydrogen (secondary N) is 2. The van der Waals surface area contributed by atoms with Crippen molar-refractivity contribution in [2.75, 3.05) is 34.9 Å². The van der Waals surface area contributed by atoms with E-state index >= 15 is 0 Å². The van der Waals surface area contributed by atoms with Crippen molar-refractivity contribution in [1.29, 1.82) is 0 Å². The highest BCUT2D eigenvalue weighted by atomic mass is 35.5. The van der Waals surface area contributed by atoms with Crippen LogP contribution in [-0.4, -0.2) is 37.2 Å². The molecule has 4 rings (SSSR count). The normalized spacial score (nSPS) is 15.3. The predicted octanol–water partition coefficient (Wildman–Crippen LogP) is 11.4. The molecule has 0 bridgehead atoms. The van der Waals surface area contributed by atoms with Crippen molar-refractivity contribution in [2.24, 2.45) is 11.8 Å². The molecule has 2 unspecified atom stereocenters. The van der Waals surface area contributed by atoms with Gasteiger partial charge in [0.1, 0.15) is 10.7 Å². The van der Waals surface area contributed by atoms with Crippen LogP contribution < -0.4 is 16.4 Å². The third-order valence-electron chi connectivity index (χ3n) is 9.04. The molecule has 0 saturated heterocycles. The van der Waals surface area contributed by atoms with Gasteiger partial charge >= 0.3 is 0 Å². The fourth-order valence-electron chi connectivity index (χ4n) is 5.62. The Kier molecular flexibility index (Phi) is 17.6. The number of hydrogen-bond acceptors (Lipinski definition) is 7. The minimum atomic E-state index is -3.79. The zero-order valence-electron chi connectivity index (χ0n) is 31.4. The van der Waals surface area contributed by atoms with E-state index in [4.69, 9.17) is 17.3 Å². The number of nitrogens with two attached hydrogens (primary N) is 1. The van der Waals surface area contributed by atoms with Crippen molar-refractivity contribution in [3.05, 3.63) is 82.6 Å². The van der Waals surface area contributed by atoms with Gasteiger partial charge < -0.3 is 16.4 Å². The number of thioether (sulfide) groups is 2. The van der Waals surface area contributed by atoms with Crippen molar-refractivity contribution in [3.63, 3.8) is 0 Å². The second kappa shape index (κ2) is 21.0. The lowest BCUT2D eigenvalue weighted by Crippen LogP contribution is -2.35. The highest BCUT2D eigenvalue weighted by Crippen LogP contribution is 2.35. The molecule has 2 atom stereocenters. The first-order valence-electron chi connectivity index (χ1n) is 18.1. The Labute approximate surface area is 321 Å². The summed E-state index contributed by atoms with van der Waals surface area (Å²) in [4.78, 5) is 15.3. The zero-order chi connectivity index (χ0) is 37.6. The van der Waals surface area contributed by atoms with Crippen molar-refractivity contribution in [2.45, 2.75) is 108 Å². The van der Waals surface area contributed by atoms with Crippen molar-refractivity contribution in [3.8, 4) is 0 Å². The van der Waals surface area contributed by atoms with Crippen LogP contribution >= 0.6 is 35.1 Å². The van der Waals surface area contributed by atoms with E-state index in [1.807, 2.05) is 36.9 Å². The van der Waals surface area contributed by atoms with Gasteiger partial charge in [0.15, 0.2) is 0 Å². The highest BCUT2D eigenvalue weighted by molar-refractivity contribution is 7.99. The van der Waals surface area contributed by atoms with E-state index in [0.29, 0.717) is 16.6 Å². The molecule has 51 heavy (non-hydrogen) atoms. The molecule has 1 heterocycles. The number of fused-ring (bicyclic) bond motifs is 1. The number of unbranched alkanes of at least 4 members (excludes halogenated alkanes) is 2. The molecule has 0 fully saturated rings. The Morgan fingerprint density at radius 3 is 2.02 bits per heavy atom. The number of amides is 1. The summed E-state index contributed by atoms with van der Waals surface area (Å²) < 4.78 is 26.8. The van der Waals surface area contributed by atoms with E-state index in [9.17, 15) is 13.2 Å². The molecular weight excluding hydrogens is 716 g/mol. The minimum absolute atomic E-state index is 0.114. The Morgan fingerprint density at radius 1 is 0.882 bits per heavy atom. The molecule has 0 aliphatic carbocycles. The Morgan fingerprint density at radius 2 is 1.45 bits per heavy atom. The maximum Gasteiger partial charge on any atom is 0.267 e. The topological polar surface area (TPSA) is 105 Å². The second-order valence-corrected chi connectivity index (χ2v) is 17.8. The van der Waals surface area contributed by atoms with E-state index in [0.717, 1.165) is 44.2 Å². The van der Waals surface area contributed by atoms with Gasteiger partial charge in [-0.05, 0) is 92.1 Å². The molecule has 1 aliphatic rings. The number of nitrogen functional groups attached to an aromatic ring is 1. The fraction of sp³-hybridized carbons (Fsp3) is 0.475. The number of carbonyl (C=O) groups excluding carboxylic acids is 1. The SMILES string of the molecule is CCCCC(CC)CSc1ccc(C)cc1N.CCCCC(CC)CSc1ccc(C)cc1NC(=O)/C=C1/Nc2cc(Cl)ccc2S(=O)(=O)N1C. The molecule has 1 amide bonds. The number of anilines is 3. The summed E-state index contributed by atoms with van der Waals surface area (Å²) in [6.45, 7) is 13.0. The molecule has 280 valence electrons. The van der Waals surface area contributed by atoms with Crippen LogP contribution in [0.3, 0.4) is 0 Å². The van der Waals surface area contributed by atoms with Gasteiger partial charge in [-0.15, -0.1) is 23.5 Å². The lowest BCUT2D eigenvalue weighted by molar-refractivity contribution is -0.112. The van der Waals surface area contributed by atoms with Crippen molar-refractivity contribution < 1.29 is 13.2 Å². The third-order valence-corrected chi connectivity index (χ3v) is 13.7. The summed E-state index contributed by atoms with van der Waals surface area (Å²) in [5.74, 6) is 3.39. The van der Waals surface area contributed by atoms with Gasteiger partial charge in [0.05, 0.1) is 11.4 Å². The molecule has 7 nitrogen and oxygen atoms in total. The first-order valence-corrected chi connectivity index (χ1v) is 21.9. The zero-order valence-corrected chi connectivity index (χ0v) is 34.6. The second-order valence-electron chi connectivity index (χ2n) is 13.3. The van der Waals surface area contributed by atoms with Crippen LogP contribution in [0.1, 0.15) is 90.2 Å². The van der Waals surface area contributed by atoms with Crippen LogP contribution in [0, 0.1) is 25.7 Å². The molecule has 3 aromatic carbocycles. The molecule has 0 radical (unpaired) electrons. The van der Waals surface area contributed by atoms with Crippen molar-refractivity contribution in [1.82, 2.24) is 4.31 Å². The van der Waals surface area contributed by atoms with E-state index in [1.54, 1.807) is 11.8 Å². The average Bonchev–Trinajstić information content (AvgIpc) is 3.09. The fourth-order valence-corrected chi connectivity index (χ4v) is 9.52. The summed E-state index contributed by atoms with van der Waals surface area (Å²) in [6, 6.07) is 16.9. The number of aryl methyl sites for hydroxylation is 2. The van der Waals surface area contributed by atoms with E-state index in [-0.39, 0.29) is 10.7 Å².